The zero-order valence-electron chi connectivity index (χ0n) is 35.7. The van der Waals surface area contributed by atoms with E-state index in [4.69, 9.17) is 10.5 Å². The predicted octanol–water partition coefficient (Wildman–Crippen LogP) is 7.71. The van der Waals surface area contributed by atoms with E-state index in [0.717, 1.165) is 78.5 Å². The van der Waals surface area contributed by atoms with Gasteiger partial charge in [0, 0.05) is 49.2 Å². The summed E-state index contributed by atoms with van der Waals surface area (Å²) in [6.45, 7) is 3.44. The summed E-state index contributed by atoms with van der Waals surface area (Å²) < 4.78 is 6.10. The van der Waals surface area contributed by atoms with E-state index in [0.29, 0.717) is 60.6 Å². The number of ether oxygens (including phenoxy) is 1. The minimum absolute atomic E-state index is 0.0207. The van der Waals surface area contributed by atoms with E-state index in [1.165, 1.54) is 11.1 Å². The highest BCUT2D eigenvalue weighted by molar-refractivity contribution is 6.06. The summed E-state index contributed by atoms with van der Waals surface area (Å²) >= 11 is 0. The van der Waals surface area contributed by atoms with Crippen molar-refractivity contribution in [3.63, 3.8) is 0 Å². The van der Waals surface area contributed by atoms with Gasteiger partial charge in [0.15, 0.2) is 17.3 Å². The van der Waals surface area contributed by atoms with Crippen molar-refractivity contribution in [1.82, 2.24) is 5.32 Å². The molecule has 3 unspecified atom stereocenters. The fraction of sp³-hybridized carbons (Fsp3) is 0.358. The molecule has 0 saturated carbocycles. The molecule has 322 valence electrons. The molecular weight excluding hydrogens is 775 g/mol. The molecule has 62 heavy (non-hydrogen) atoms. The van der Waals surface area contributed by atoms with Crippen LogP contribution in [0.2, 0.25) is 0 Å². The summed E-state index contributed by atoms with van der Waals surface area (Å²) in [5.41, 5.74) is 16.4. The topological polar surface area (TPSA) is 160 Å². The molecule has 6 N–H and O–H groups in total. The maximum Gasteiger partial charge on any atom is 0.161 e. The molecule has 0 amide bonds. The molecule has 0 spiro atoms. The number of aliphatic hydroxyl groups excluding tert-OH is 1. The van der Waals surface area contributed by atoms with E-state index in [-0.39, 0.29) is 48.8 Å². The molecular formula is C53H58N3O6-. The standard InChI is InChI=1S/C53H59N3O6/c1-35(14-18-38-9-5-6-10-39(38)24-28-57)8-3-2-4-12-42(58)19-15-36-17-21-50(60)52(31-36)62-29-25-37-16-20-49(59)47(30-37)46-34-51(61)43-23-27-55-48(43)13-7-11-40-33-45-41(32-44(40)46)22-26-56-53(45)54/h4-6,9-10,12,16-17,20-21,23,27,30-33,35,46,53,56-57,59-61H,2-3,8,13-15,18-19,22,24-26,28-29,34,54H2,1H3/p-1. The first-order chi connectivity index (χ1) is 30.2. The second kappa shape index (κ2) is 21.2. The third-order valence-electron chi connectivity index (χ3n) is 12.3. The van der Waals surface area contributed by atoms with Crippen LogP contribution in [0.1, 0.15) is 114 Å². The van der Waals surface area contributed by atoms with Crippen molar-refractivity contribution >= 4 is 11.5 Å². The molecule has 7 rings (SSSR count). The summed E-state index contributed by atoms with van der Waals surface area (Å²) in [5.74, 6) is 7.16. The first-order valence-electron chi connectivity index (χ1n) is 22.1. The van der Waals surface area contributed by atoms with Crippen LogP contribution in [0.25, 0.3) is 0 Å². The number of nitrogens with zero attached hydrogens (tertiary/aromatic N) is 1. The third kappa shape index (κ3) is 11.3. The SMILES string of the molecule is CC(CCCC=CC(=O)CCc1ccc(O)c(OCCc2ccc(O)c(C3CC([O-])=C4C=CN=C4CC#Cc4cc5c(cc43)CCNC5N)c2)c1)CCc1ccccc1CCO. The number of aryl methyl sites for hydroxylation is 2. The molecule has 9 heteroatoms. The summed E-state index contributed by atoms with van der Waals surface area (Å²) in [5, 5.41) is 48.6. The Balaban J connectivity index is 0.942. The molecule has 2 aliphatic heterocycles. The molecule has 0 aromatic heterocycles. The molecule has 3 aliphatic rings. The van der Waals surface area contributed by atoms with Crippen molar-refractivity contribution in [2.24, 2.45) is 16.6 Å². The molecule has 1 aliphatic carbocycles. The van der Waals surface area contributed by atoms with Crippen LogP contribution in [0.5, 0.6) is 17.2 Å². The molecule has 2 heterocycles. The number of hydrogen-bond donors (Lipinski definition) is 5. The van der Waals surface area contributed by atoms with Crippen LogP contribution in [0.4, 0.5) is 0 Å². The normalized spacial score (nSPS) is 17.4. The number of aromatic hydroxyl groups is 2. The Hall–Kier alpha value is -5.92. The Morgan fingerprint density at radius 2 is 1.76 bits per heavy atom. The van der Waals surface area contributed by atoms with Crippen LogP contribution in [-0.4, -0.2) is 46.6 Å². The van der Waals surface area contributed by atoms with Crippen LogP contribution in [0.15, 0.2) is 114 Å². The van der Waals surface area contributed by atoms with Crippen LogP contribution in [-0.2, 0) is 36.9 Å². The van der Waals surface area contributed by atoms with Gasteiger partial charge in [0.1, 0.15) is 5.75 Å². The lowest BCUT2D eigenvalue weighted by Crippen LogP contribution is -2.35. The Kier molecular flexibility index (Phi) is 15.1. The van der Waals surface area contributed by atoms with E-state index >= 15 is 0 Å². The lowest BCUT2D eigenvalue weighted by molar-refractivity contribution is -0.307. The minimum atomic E-state index is -0.477. The molecule has 4 aromatic carbocycles. The first kappa shape index (κ1) is 44.1. The summed E-state index contributed by atoms with van der Waals surface area (Å²) in [6, 6.07) is 23.2. The zero-order chi connectivity index (χ0) is 43.4. The van der Waals surface area contributed by atoms with Crippen molar-refractivity contribution in [2.75, 3.05) is 19.8 Å². The van der Waals surface area contributed by atoms with Gasteiger partial charge in [-0.05, 0) is 138 Å². The van der Waals surface area contributed by atoms with E-state index < -0.39 is 5.92 Å². The van der Waals surface area contributed by atoms with E-state index in [2.05, 4.69) is 53.3 Å². The second-order valence-electron chi connectivity index (χ2n) is 16.8. The lowest BCUT2D eigenvalue weighted by atomic mass is 9.80. The molecule has 0 fully saturated rings. The van der Waals surface area contributed by atoms with Crippen molar-refractivity contribution in [1.29, 1.82) is 0 Å². The first-order valence-corrected chi connectivity index (χ1v) is 22.1. The number of aliphatic hydroxyl groups is 1. The number of hydrogen-bond acceptors (Lipinski definition) is 9. The Bertz CT molecular complexity index is 2440. The third-order valence-corrected chi connectivity index (χ3v) is 12.3. The maximum atomic E-state index is 13.9. The number of carbonyl (C=O) groups is 1. The second-order valence-corrected chi connectivity index (χ2v) is 16.8. The summed E-state index contributed by atoms with van der Waals surface area (Å²) in [7, 11) is 0. The molecule has 0 bridgehead atoms. The Labute approximate surface area is 365 Å². The Morgan fingerprint density at radius 3 is 2.58 bits per heavy atom. The van der Waals surface area contributed by atoms with Gasteiger partial charge in [-0.15, -0.1) is 5.76 Å². The smallest absolute Gasteiger partial charge is 0.161 e. The number of benzene rings is 4. The van der Waals surface area contributed by atoms with Gasteiger partial charge >= 0.3 is 0 Å². The maximum absolute atomic E-state index is 13.9. The molecule has 9 nitrogen and oxygen atoms in total. The summed E-state index contributed by atoms with van der Waals surface area (Å²) in [4.78, 5) is 17.2. The minimum Gasteiger partial charge on any atom is -0.875 e. The van der Waals surface area contributed by atoms with Crippen LogP contribution < -0.4 is 20.9 Å². The van der Waals surface area contributed by atoms with Crippen molar-refractivity contribution in [3.8, 4) is 29.1 Å². The number of ketones is 1. The number of phenols is 2. The van der Waals surface area contributed by atoms with Crippen molar-refractivity contribution in [3.05, 3.63) is 159 Å². The number of phenolic OH excluding ortho intramolecular Hbond substituents is 2. The monoisotopic (exact) mass is 832 g/mol. The van der Waals surface area contributed by atoms with Gasteiger partial charge < -0.3 is 30.9 Å². The van der Waals surface area contributed by atoms with E-state index in [1.807, 2.05) is 36.4 Å². The molecule has 0 saturated heterocycles. The number of fused-ring (bicyclic) bond motifs is 3. The highest BCUT2D eigenvalue weighted by Gasteiger charge is 2.26. The summed E-state index contributed by atoms with van der Waals surface area (Å²) in [6.07, 6.45) is 15.2. The highest BCUT2D eigenvalue weighted by atomic mass is 16.5. The fourth-order valence-corrected chi connectivity index (χ4v) is 8.73. The van der Waals surface area contributed by atoms with Gasteiger partial charge in [0.05, 0.1) is 24.9 Å². The number of rotatable bonds is 18. The number of carbonyl (C=O) groups excluding carboxylic acids is 1. The van der Waals surface area contributed by atoms with Crippen LogP contribution in [0, 0.1) is 17.8 Å². The number of allylic oxidation sites excluding steroid dienone is 5. The van der Waals surface area contributed by atoms with Gasteiger partial charge in [-0.1, -0.05) is 79.8 Å². The van der Waals surface area contributed by atoms with E-state index in [1.54, 1.807) is 36.6 Å². The van der Waals surface area contributed by atoms with Crippen LogP contribution >= 0.6 is 0 Å². The van der Waals surface area contributed by atoms with Gasteiger partial charge in [0.2, 0.25) is 0 Å². The Morgan fingerprint density at radius 1 is 0.968 bits per heavy atom. The average Bonchev–Trinajstić information content (AvgIpc) is 3.75. The van der Waals surface area contributed by atoms with Crippen molar-refractivity contribution < 1.29 is 30.0 Å². The van der Waals surface area contributed by atoms with Gasteiger partial charge in [-0.25, -0.2) is 0 Å². The van der Waals surface area contributed by atoms with Gasteiger partial charge in [-0.3, -0.25) is 15.1 Å². The van der Waals surface area contributed by atoms with Crippen LogP contribution in [0.3, 0.4) is 0 Å². The average molecular weight is 833 g/mol. The molecule has 3 atom stereocenters. The van der Waals surface area contributed by atoms with E-state index in [9.17, 15) is 25.2 Å². The lowest BCUT2D eigenvalue weighted by Gasteiger charge is -2.30. The number of aliphatic imine (C=N–C) groups is 1. The molecule has 4 aromatic rings. The van der Waals surface area contributed by atoms with Crippen molar-refractivity contribution in [2.45, 2.75) is 96.1 Å². The zero-order valence-corrected chi connectivity index (χ0v) is 35.7. The van der Waals surface area contributed by atoms with Gasteiger partial charge in [0.25, 0.3) is 0 Å². The van der Waals surface area contributed by atoms with Gasteiger partial charge in [-0.2, -0.15) is 0 Å². The number of nitrogens with two attached hydrogens (primary N) is 1. The molecule has 0 radical (unpaired) electrons. The quantitative estimate of drug-likeness (QED) is 0.0387. The fourth-order valence-electron chi connectivity index (χ4n) is 8.73. The number of unbranched alkanes of at least 4 members (excludes halogenated alkanes) is 1. The highest BCUT2D eigenvalue weighted by Crippen LogP contribution is 2.40. The number of nitrogens with one attached hydrogen (secondary N) is 1. The largest absolute Gasteiger partial charge is 0.875 e. The predicted molar refractivity (Wildman–Crippen MR) is 243 cm³/mol.